The molecule has 0 unspecified atom stereocenters. The molecule has 0 saturated heterocycles. The van der Waals surface area contributed by atoms with Gasteiger partial charge in [-0.3, -0.25) is 0 Å². The summed E-state index contributed by atoms with van der Waals surface area (Å²) in [5.74, 6) is 2.73. The molecule has 0 N–H and O–H groups in total. The molecule has 0 saturated carbocycles. The highest BCUT2D eigenvalue weighted by Gasteiger charge is 2.16. The fraction of sp³-hybridized carbons (Fsp3) is 0.471. The molecule has 0 atom stereocenters. The molecule has 1 heterocycles. The minimum atomic E-state index is -1.08. The lowest BCUT2D eigenvalue weighted by Crippen LogP contribution is -2.22. The molecule has 118 valence electrons. The van der Waals surface area contributed by atoms with Crippen molar-refractivity contribution in [2.45, 2.75) is 45.8 Å². The van der Waals surface area contributed by atoms with Crippen LogP contribution in [0.25, 0.3) is 10.9 Å². The molecule has 2 rings (SSSR count). The Morgan fingerprint density at radius 2 is 2.09 bits per heavy atom. The summed E-state index contributed by atoms with van der Waals surface area (Å²) in [5.41, 5.74) is 2.69. The lowest BCUT2D eigenvalue weighted by atomic mass is 10.1. The Kier molecular flexibility index (Phi) is 5.33. The van der Waals surface area contributed by atoms with Gasteiger partial charge in [0.15, 0.2) is 0 Å². The predicted octanol–water partition coefficient (Wildman–Crippen LogP) is 4.55. The van der Waals surface area contributed by atoms with E-state index in [1.54, 1.807) is 0 Å². The van der Waals surface area contributed by atoms with Crippen LogP contribution in [-0.2, 0) is 17.9 Å². The van der Waals surface area contributed by atoms with Crippen molar-refractivity contribution in [1.82, 2.24) is 9.78 Å². The van der Waals surface area contributed by atoms with Gasteiger partial charge in [-0.25, -0.2) is 4.68 Å². The van der Waals surface area contributed by atoms with E-state index in [9.17, 15) is 0 Å². The monoisotopic (exact) mass is 334 g/mol. The second kappa shape index (κ2) is 6.87. The number of rotatable bonds is 6. The number of nitrogens with zero attached hydrogens (tertiary/aromatic N) is 2. The molecule has 0 radical (unpaired) electrons. The zero-order valence-electron chi connectivity index (χ0n) is 13.7. The molecule has 22 heavy (non-hydrogen) atoms. The van der Waals surface area contributed by atoms with Gasteiger partial charge in [0.25, 0.3) is 0 Å². The van der Waals surface area contributed by atoms with Gasteiger partial charge >= 0.3 is 0 Å². The number of terminal acetylenes is 1. The third kappa shape index (κ3) is 3.72. The average Bonchev–Trinajstić information content (AvgIpc) is 2.83. The Morgan fingerprint density at radius 3 is 2.68 bits per heavy atom. The smallest absolute Gasteiger partial charge is 0.140 e. The van der Waals surface area contributed by atoms with Crippen molar-refractivity contribution in [3.63, 3.8) is 0 Å². The number of aromatic nitrogens is 2. The van der Waals surface area contributed by atoms with Crippen LogP contribution in [-0.4, -0.2) is 24.5 Å². The molecule has 0 bridgehead atoms. The third-order valence-corrected chi connectivity index (χ3v) is 5.63. The highest BCUT2D eigenvalue weighted by molar-refractivity contribution is 6.76. The van der Waals surface area contributed by atoms with E-state index in [2.05, 4.69) is 37.6 Å². The molecule has 0 aliphatic heterocycles. The first-order valence-corrected chi connectivity index (χ1v) is 11.7. The van der Waals surface area contributed by atoms with Crippen LogP contribution in [0.4, 0.5) is 0 Å². The molecule has 0 aliphatic rings. The summed E-state index contributed by atoms with van der Waals surface area (Å²) >= 11 is 6.37. The van der Waals surface area contributed by atoms with E-state index in [0.717, 1.165) is 41.2 Å². The zero-order chi connectivity index (χ0) is 16.3. The van der Waals surface area contributed by atoms with E-state index in [1.165, 1.54) is 0 Å². The average molecular weight is 335 g/mol. The number of benzene rings is 1. The Morgan fingerprint density at radius 1 is 1.36 bits per heavy atom. The first-order valence-electron chi connectivity index (χ1n) is 7.59. The van der Waals surface area contributed by atoms with E-state index in [0.29, 0.717) is 11.8 Å². The standard InChI is InChI=1S/C17H23ClN2OSi/c1-6-13-8-9-14(18)17-16(13)15(7-2)19-20(17)12-21-10-11-22(3,4)5/h1,8-9H,7,10-12H2,2-5H3. The summed E-state index contributed by atoms with van der Waals surface area (Å²) in [5, 5.41) is 6.27. The van der Waals surface area contributed by atoms with Crippen molar-refractivity contribution in [3.8, 4) is 12.3 Å². The third-order valence-electron chi connectivity index (χ3n) is 3.62. The lowest BCUT2D eigenvalue weighted by molar-refractivity contribution is 0.0814. The topological polar surface area (TPSA) is 27.1 Å². The number of halogens is 1. The van der Waals surface area contributed by atoms with Crippen LogP contribution in [0.15, 0.2) is 12.1 Å². The second-order valence-corrected chi connectivity index (χ2v) is 12.6. The molecule has 0 spiro atoms. The van der Waals surface area contributed by atoms with Crippen molar-refractivity contribution in [2.24, 2.45) is 0 Å². The zero-order valence-corrected chi connectivity index (χ0v) is 15.5. The largest absolute Gasteiger partial charge is 0.360 e. The Balaban J connectivity index is 2.29. The highest BCUT2D eigenvalue weighted by atomic mass is 35.5. The number of ether oxygens (including phenoxy) is 1. The maximum Gasteiger partial charge on any atom is 0.140 e. The van der Waals surface area contributed by atoms with Gasteiger partial charge in [0.2, 0.25) is 0 Å². The highest BCUT2D eigenvalue weighted by Crippen LogP contribution is 2.29. The van der Waals surface area contributed by atoms with E-state index >= 15 is 0 Å². The Bertz CT molecular complexity index is 710. The summed E-state index contributed by atoms with van der Waals surface area (Å²) in [6, 6.07) is 4.84. The van der Waals surface area contributed by atoms with Crippen molar-refractivity contribution in [2.75, 3.05) is 6.61 Å². The summed E-state index contributed by atoms with van der Waals surface area (Å²) in [6.45, 7) is 10.2. The number of hydrogen-bond acceptors (Lipinski definition) is 2. The summed E-state index contributed by atoms with van der Waals surface area (Å²) in [4.78, 5) is 0. The van der Waals surface area contributed by atoms with Crippen LogP contribution >= 0.6 is 11.6 Å². The number of hydrogen-bond donors (Lipinski definition) is 0. The molecule has 5 heteroatoms. The fourth-order valence-electron chi connectivity index (χ4n) is 2.35. The van der Waals surface area contributed by atoms with E-state index in [4.69, 9.17) is 22.8 Å². The van der Waals surface area contributed by atoms with Crippen LogP contribution in [0, 0.1) is 12.3 Å². The fourth-order valence-corrected chi connectivity index (χ4v) is 3.36. The predicted molar refractivity (Wildman–Crippen MR) is 96.2 cm³/mol. The van der Waals surface area contributed by atoms with Crippen LogP contribution in [0.2, 0.25) is 30.7 Å². The summed E-state index contributed by atoms with van der Waals surface area (Å²) in [7, 11) is -1.08. The van der Waals surface area contributed by atoms with Gasteiger partial charge in [-0.1, -0.05) is 44.1 Å². The lowest BCUT2D eigenvalue weighted by Gasteiger charge is -2.15. The van der Waals surface area contributed by atoms with E-state index < -0.39 is 8.07 Å². The molecule has 1 aromatic heterocycles. The Labute approximate surface area is 138 Å². The van der Waals surface area contributed by atoms with Crippen LogP contribution in [0.5, 0.6) is 0 Å². The molecule has 0 amide bonds. The van der Waals surface area contributed by atoms with E-state index in [1.807, 2.05) is 16.8 Å². The summed E-state index contributed by atoms with van der Waals surface area (Å²) in [6.07, 6.45) is 6.42. The van der Waals surface area contributed by atoms with Gasteiger partial charge in [-0.2, -0.15) is 5.10 Å². The van der Waals surface area contributed by atoms with Gasteiger partial charge in [-0.15, -0.1) is 6.42 Å². The SMILES string of the molecule is C#Cc1ccc(Cl)c2c1c(CC)nn2COCC[Si](C)(C)C. The number of aryl methyl sites for hydroxylation is 1. The first kappa shape index (κ1) is 17.1. The van der Waals surface area contributed by atoms with Crippen LogP contribution < -0.4 is 0 Å². The minimum absolute atomic E-state index is 0.411. The molecule has 2 aromatic rings. The summed E-state index contributed by atoms with van der Waals surface area (Å²) < 4.78 is 7.65. The van der Waals surface area contributed by atoms with E-state index in [-0.39, 0.29) is 0 Å². The van der Waals surface area contributed by atoms with Crippen molar-refractivity contribution in [3.05, 3.63) is 28.4 Å². The molecule has 0 fully saturated rings. The second-order valence-electron chi connectivity index (χ2n) is 6.61. The van der Waals surface area contributed by atoms with Gasteiger partial charge in [0.1, 0.15) is 6.73 Å². The first-order chi connectivity index (χ1) is 10.4. The normalized spacial score (nSPS) is 11.8. The minimum Gasteiger partial charge on any atom is -0.360 e. The van der Waals surface area contributed by atoms with Crippen molar-refractivity contribution in [1.29, 1.82) is 0 Å². The van der Waals surface area contributed by atoms with Crippen molar-refractivity contribution >= 4 is 30.6 Å². The maximum absolute atomic E-state index is 6.37. The maximum atomic E-state index is 6.37. The molecular weight excluding hydrogens is 312 g/mol. The van der Waals surface area contributed by atoms with Crippen LogP contribution in [0.1, 0.15) is 18.2 Å². The van der Waals surface area contributed by atoms with Gasteiger partial charge < -0.3 is 4.74 Å². The van der Waals surface area contributed by atoms with Crippen molar-refractivity contribution < 1.29 is 4.74 Å². The number of fused-ring (bicyclic) bond motifs is 1. The van der Waals surface area contributed by atoms with Crippen LogP contribution in [0.3, 0.4) is 0 Å². The molecule has 1 aromatic carbocycles. The Hall–Kier alpha value is -1.28. The van der Waals surface area contributed by atoms with Gasteiger partial charge in [0, 0.05) is 25.6 Å². The van der Waals surface area contributed by atoms with Gasteiger partial charge in [0.05, 0.1) is 16.2 Å². The molecule has 3 nitrogen and oxygen atoms in total. The quantitative estimate of drug-likeness (QED) is 0.440. The molecule has 0 aliphatic carbocycles. The molecular formula is C17H23ClN2OSi. The van der Waals surface area contributed by atoms with Gasteiger partial charge in [-0.05, 0) is 24.6 Å².